The molecule has 0 aliphatic carbocycles. The Hall–Kier alpha value is -3.82. The second-order valence-electron chi connectivity index (χ2n) is 8.75. The van der Waals surface area contributed by atoms with Crippen molar-refractivity contribution >= 4 is 38.3 Å². The number of rotatable bonds is 9. The van der Waals surface area contributed by atoms with Crippen LogP contribution in [0.25, 0.3) is 10.8 Å². The van der Waals surface area contributed by atoms with Crippen LogP contribution in [0, 0.1) is 30.4 Å². The molecule has 37 heavy (non-hydrogen) atoms. The Balaban J connectivity index is 1.60. The van der Waals surface area contributed by atoms with Crippen molar-refractivity contribution in [3.8, 4) is 6.07 Å². The van der Waals surface area contributed by atoms with E-state index in [2.05, 4.69) is 22.9 Å². The predicted molar refractivity (Wildman–Crippen MR) is 142 cm³/mol. The second-order valence-corrected chi connectivity index (χ2v) is 10.8. The minimum Gasteiger partial charge on any atom is -0.339 e. The fraction of sp³-hybridized carbons (Fsp3) is 0.214. The molecule has 9 heteroatoms. The van der Waals surface area contributed by atoms with E-state index in [1.165, 1.54) is 11.0 Å². The van der Waals surface area contributed by atoms with Crippen LogP contribution in [0.5, 0.6) is 0 Å². The van der Waals surface area contributed by atoms with E-state index >= 15 is 0 Å². The lowest BCUT2D eigenvalue weighted by Crippen LogP contribution is -2.47. The summed E-state index contributed by atoms with van der Waals surface area (Å²) in [6.07, 6.45) is 1.85. The lowest BCUT2D eigenvalue weighted by molar-refractivity contribution is -0.132. The Kier molecular flexibility index (Phi) is 7.85. The Morgan fingerprint density at radius 1 is 1.16 bits per heavy atom. The monoisotopic (exact) mass is 532 g/mol. The summed E-state index contributed by atoms with van der Waals surface area (Å²) in [5.74, 6) is -0.416. The fourth-order valence-electron chi connectivity index (χ4n) is 4.21. The highest BCUT2D eigenvalue weighted by Gasteiger charge is 2.30. The number of carbonyl (C=O) groups excluding carboxylic acids is 1. The molecule has 3 aromatic carbocycles. The van der Waals surface area contributed by atoms with Crippen LogP contribution in [-0.4, -0.2) is 36.9 Å². The zero-order valence-corrected chi connectivity index (χ0v) is 22.0. The van der Waals surface area contributed by atoms with Gasteiger partial charge in [0.25, 0.3) is 0 Å². The molecule has 0 saturated heterocycles. The van der Waals surface area contributed by atoms with Gasteiger partial charge in [0.15, 0.2) is 0 Å². The zero-order chi connectivity index (χ0) is 26.6. The fourth-order valence-corrected chi connectivity index (χ4v) is 6.26. The van der Waals surface area contributed by atoms with Crippen LogP contribution in [0.2, 0.25) is 5.02 Å². The summed E-state index contributed by atoms with van der Waals surface area (Å²) in [7, 11) is -2.51. The maximum absolute atomic E-state index is 13.6. The summed E-state index contributed by atoms with van der Waals surface area (Å²) < 4.78 is 31.0. The van der Waals surface area contributed by atoms with Crippen LogP contribution >= 0.6 is 11.6 Å². The summed E-state index contributed by atoms with van der Waals surface area (Å²) in [6.45, 7) is 2.13. The molecule has 1 atom stereocenters. The number of nitrogens with zero attached hydrogens (tertiary/aromatic N) is 3. The smallest absolute Gasteiger partial charge is 0.243 e. The van der Waals surface area contributed by atoms with Crippen molar-refractivity contribution in [2.45, 2.75) is 37.4 Å². The average molecular weight is 533 g/mol. The number of nitrogens with one attached hydrogen (secondary N) is 1. The number of benzene rings is 2. The van der Waals surface area contributed by atoms with Gasteiger partial charge in [-0.15, -0.1) is 0 Å². The number of hydrogen-bond acceptors (Lipinski definition) is 4. The average Bonchev–Trinajstić information content (AvgIpc) is 3.33. The number of halogens is 1. The van der Waals surface area contributed by atoms with Crippen molar-refractivity contribution in [2.24, 2.45) is 0 Å². The van der Waals surface area contributed by atoms with Gasteiger partial charge in [0.1, 0.15) is 22.7 Å². The van der Waals surface area contributed by atoms with Crippen LogP contribution in [-0.2, 0) is 27.9 Å². The molecule has 1 aromatic heterocycles. The number of aryl methyl sites for hydroxylation is 2. The first-order valence-electron chi connectivity index (χ1n) is 11.6. The Morgan fingerprint density at radius 3 is 2.70 bits per heavy atom. The van der Waals surface area contributed by atoms with Crippen molar-refractivity contribution in [1.82, 2.24) is 14.2 Å². The minimum atomic E-state index is -4.13. The molecule has 1 heterocycles. The number of aromatic nitrogens is 1. The Labute approximate surface area is 221 Å². The quantitative estimate of drug-likeness (QED) is 0.344. The van der Waals surface area contributed by atoms with Crippen LogP contribution in [0.1, 0.15) is 23.2 Å². The van der Waals surface area contributed by atoms with E-state index < -0.39 is 22.0 Å². The van der Waals surface area contributed by atoms with Crippen LogP contribution in [0.15, 0.2) is 71.8 Å². The number of sulfonamides is 1. The number of likely N-dealkylation sites (N-methyl/N-ethyl adjacent to an activating group) is 1. The Bertz CT molecular complexity index is 1570. The molecule has 1 amide bonds. The van der Waals surface area contributed by atoms with E-state index in [1.54, 1.807) is 49.0 Å². The van der Waals surface area contributed by atoms with Gasteiger partial charge in [0, 0.05) is 30.7 Å². The molecule has 188 valence electrons. The van der Waals surface area contributed by atoms with Gasteiger partial charge in [-0.1, -0.05) is 54.1 Å². The Morgan fingerprint density at radius 2 is 1.95 bits per heavy atom. The van der Waals surface area contributed by atoms with Crippen LogP contribution < -0.4 is 4.72 Å². The predicted octanol–water partition coefficient (Wildman–Crippen LogP) is 4.47. The standard InChI is InChI=1S/C28H25ClN4O3S/c1-20-7-5-11-25(29)27(20)37(35,36)31-26(14-16-33-15-6-10-24(33)18-30)28(34)32(2)19-21-12-13-22-8-3-4-9-23(22)17-21/h3-11,15,17,26,31H,14,16,19H2,1-2H3. The topological polar surface area (TPSA) is 95.2 Å². The van der Waals surface area contributed by atoms with Gasteiger partial charge in [-0.2, -0.15) is 9.98 Å². The first kappa shape index (κ1) is 26.2. The van der Waals surface area contributed by atoms with E-state index in [0.717, 1.165) is 16.3 Å². The van der Waals surface area contributed by atoms with Gasteiger partial charge in [-0.25, -0.2) is 8.42 Å². The number of hydrogen-bond donors (Lipinski definition) is 1. The summed E-state index contributed by atoms with van der Waals surface area (Å²) in [4.78, 5) is 15.0. The SMILES string of the molecule is Cc1cccc(Cl)c1S(=O)(=O)NC(CCn1cccc1C#N)C(=O)N(C)Cc1c#cc2ccccc2c1. The highest BCUT2D eigenvalue weighted by molar-refractivity contribution is 7.89. The van der Waals surface area contributed by atoms with Crippen molar-refractivity contribution in [3.05, 3.63) is 101 Å². The van der Waals surface area contributed by atoms with Crippen molar-refractivity contribution in [3.63, 3.8) is 0 Å². The minimum absolute atomic E-state index is 0.0618. The zero-order valence-electron chi connectivity index (χ0n) is 20.4. The molecular formula is C28H25ClN4O3S. The third kappa shape index (κ3) is 5.95. The molecule has 0 saturated carbocycles. The molecule has 1 unspecified atom stereocenters. The molecule has 7 nitrogen and oxygen atoms in total. The highest BCUT2D eigenvalue weighted by atomic mass is 35.5. The lowest BCUT2D eigenvalue weighted by Gasteiger charge is -2.25. The normalized spacial score (nSPS) is 12.1. The first-order chi connectivity index (χ1) is 17.7. The molecule has 0 aliphatic rings. The molecule has 4 aromatic rings. The highest BCUT2D eigenvalue weighted by Crippen LogP contribution is 2.25. The van der Waals surface area contributed by atoms with E-state index in [1.807, 2.05) is 30.3 Å². The third-order valence-electron chi connectivity index (χ3n) is 6.06. The maximum atomic E-state index is 13.6. The summed E-state index contributed by atoms with van der Waals surface area (Å²) >= 11 is 6.23. The molecule has 0 fully saturated rings. The van der Waals surface area contributed by atoms with Gasteiger partial charge >= 0.3 is 0 Å². The lowest BCUT2D eigenvalue weighted by atomic mass is 10.1. The molecule has 0 bridgehead atoms. The summed E-state index contributed by atoms with van der Waals surface area (Å²) in [6, 6.07) is 25.0. The molecule has 0 spiro atoms. The molecule has 4 rings (SSSR count). The number of amides is 1. The van der Waals surface area contributed by atoms with Gasteiger partial charge < -0.3 is 9.47 Å². The van der Waals surface area contributed by atoms with Gasteiger partial charge in [-0.05, 0) is 54.6 Å². The molecule has 0 aliphatic heterocycles. The van der Waals surface area contributed by atoms with Crippen molar-refractivity contribution in [2.75, 3.05) is 7.05 Å². The molecule has 1 N–H and O–H groups in total. The number of nitriles is 1. The van der Waals surface area contributed by atoms with Gasteiger partial charge in [0.2, 0.25) is 15.9 Å². The van der Waals surface area contributed by atoms with E-state index in [4.69, 9.17) is 11.6 Å². The third-order valence-corrected chi connectivity index (χ3v) is 8.16. The summed E-state index contributed by atoms with van der Waals surface area (Å²) in [5, 5.41) is 11.3. The van der Waals surface area contributed by atoms with Crippen molar-refractivity contribution < 1.29 is 13.2 Å². The second kappa shape index (κ2) is 11.1. The summed E-state index contributed by atoms with van der Waals surface area (Å²) in [5.41, 5.74) is 1.64. The first-order valence-corrected chi connectivity index (χ1v) is 13.4. The number of fused-ring (bicyclic) bond motifs is 1. The van der Waals surface area contributed by atoms with E-state index in [-0.39, 0.29) is 29.4 Å². The van der Waals surface area contributed by atoms with Crippen LogP contribution in [0.4, 0.5) is 0 Å². The largest absolute Gasteiger partial charge is 0.339 e. The van der Waals surface area contributed by atoms with E-state index in [9.17, 15) is 18.5 Å². The van der Waals surface area contributed by atoms with Crippen molar-refractivity contribution in [1.29, 1.82) is 5.26 Å². The molecule has 0 radical (unpaired) electrons. The van der Waals surface area contributed by atoms with Gasteiger partial charge in [0.05, 0.1) is 11.6 Å². The molecular weight excluding hydrogens is 508 g/mol. The van der Waals surface area contributed by atoms with Crippen LogP contribution in [0.3, 0.4) is 0 Å². The van der Waals surface area contributed by atoms with Gasteiger partial charge in [-0.3, -0.25) is 4.79 Å². The number of carbonyl (C=O) groups is 1. The maximum Gasteiger partial charge on any atom is 0.243 e. The van der Waals surface area contributed by atoms with E-state index in [0.29, 0.717) is 11.3 Å².